The number of alkyl halides is 6. The number of carboxylic acid groups (broad SMARTS) is 2. The number of halogens is 6. The largest absolute Gasteiger partial charge is 0.490 e. The molecule has 15 heteroatoms. The fraction of sp³-hybridized carbons (Fsp3) is 0.308. The second kappa shape index (κ2) is 12.7. The van der Waals surface area contributed by atoms with Crippen LogP contribution in [0, 0.1) is 0 Å². The zero-order valence-corrected chi connectivity index (χ0v) is 21.8. The number of benzene rings is 1. The molecule has 2 aromatic heterocycles. The van der Waals surface area contributed by atoms with E-state index in [0.29, 0.717) is 0 Å². The molecule has 2 aliphatic rings. The van der Waals surface area contributed by atoms with Crippen molar-refractivity contribution in [3.8, 4) is 0 Å². The number of hydrogen-bond donors (Lipinski definition) is 2. The van der Waals surface area contributed by atoms with Crippen LogP contribution in [0.3, 0.4) is 0 Å². The molecular formula is C26H23F6N3O5S. The summed E-state index contributed by atoms with van der Waals surface area (Å²) in [6.45, 7) is 2.67. The number of aromatic nitrogens is 1. The van der Waals surface area contributed by atoms with Crippen molar-refractivity contribution < 1.29 is 50.9 Å². The van der Waals surface area contributed by atoms with E-state index < -0.39 is 24.3 Å². The van der Waals surface area contributed by atoms with Crippen molar-refractivity contribution >= 4 is 40.6 Å². The summed E-state index contributed by atoms with van der Waals surface area (Å²) in [5.41, 5.74) is 3.94. The molecule has 0 aliphatic carbocycles. The molecule has 0 bridgehead atoms. The van der Waals surface area contributed by atoms with Crippen LogP contribution in [-0.2, 0) is 26.3 Å². The Kier molecular flexibility index (Phi) is 9.76. The Balaban J connectivity index is 0.000000276. The van der Waals surface area contributed by atoms with E-state index in [1.807, 2.05) is 40.7 Å². The zero-order chi connectivity index (χ0) is 30.4. The molecule has 1 spiro atoms. The fourth-order valence-corrected chi connectivity index (χ4v) is 5.07. The van der Waals surface area contributed by atoms with Crippen molar-refractivity contribution in [1.29, 1.82) is 0 Å². The van der Waals surface area contributed by atoms with Crippen LogP contribution in [0.1, 0.15) is 24.1 Å². The van der Waals surface area contributed by atoms with E-state index in [2.05, 4.69) is 39.5 Å². The van der Waals surface area contributed by atoms with Gasteiger partial charge < -0.3 is 10.2 Å². The van der Waals surface area contributed by atoms with Crippen molar-refractivity contribution in [3.63, 3.8) is 0 Å². The molecule has 1 fully saturated rings. The summed E-state index contributed by atoms with van der Waals surface area (Å²) in [4.78, 5) is 40.2. The maximum atomic E-state index is 13.6. The minimum Gasteiger partial charge on any atom is -0.475 e. The number of amides is 1. The molecule has 0 radical (unpaired) electrons. The average molecular weight is 604 g/mol. The molecule has 4 heterocycles. The van der Waals surface area contributed by atoms with Crippen LogP contribution >= 0.6 is 11.3 Å². The second-order valence-corrected chi connectivity index (χ2v) is 9.70. The number of aliphatic carboxylic acids is 2. The van der Waals surface area contributed by atoms with Gasteiger partial charge in [-0.2, -0.15) is 37.7 Å². The van der Waals surface area contributed by atoms with Crippen LogP contribution < -0.4 is 4.90 Å². The third-order valence-electron chi connectivity index (χ3n) is 6.34. The Morgan fingerprint density at radius 3 is 1.95 bits per heavy atom. The lowest BCUT2D eigenvalue weighted by atomic mass is 9.73. The van der Waals surface area contributed by atoms with E-state index in [9.17, 15) is 31.1 Å². The van der Waals surface area contributed by atoms with Gasteiger partial charge >= 0.3 is 24.3 Å². The van der Waals surface area contributed by atoms with Gasteiger partial charge in [-0.1, -0.05) is 24.3 Å². The lowest BCUT2D eigenvalue weighted by Gasteiger charge is -2.38. The van der Waals surface area contributed by atoms with Gasteiger partial charge in [-0.05, 0) is 61.1 Å². The first-order valence-corrected chi connectivity index (χ1v) is 12.8. The van der Waals surface area contributed by atoms with Crippen molar-refractivity contribution in [2.75, 3.05) is 18.0 Å². The molecule has 220 valence electrons. The summed E-state index contributed by atoms with van der Waals surface area (Å²) >= 11 is 1.63. The number of likely N-dealkylation sites (tertiary alicyclic amines) is 1. The number of carbonyl (C=O) groups is 3. The Labute approximate surface area is 233 Å². The summed E-state index contributed by atoms with van der Waals surface area (Å²) in [5, 5.41) is 18.3. The number of nitrogens with zero attached hydrogens (tertiary/aromatic N) is 3. The molecule has 2 aliphatic heterocycles. The van der Waals surface area contributed by atoms with Crippen LogP contribution in [0.4, 0.5) is 37.7 Å². The van der Waals surface area contributed by atoms with Crippen molar-refractivity contribution in [3.05, 3.63) is 76.7 Å². The zero-order valence-electron chi connectivity index (χ0n) is 21.0. The summed E-state index contributed by atoms with van der Waals surface area (Å²) in [5.74, 6) is -5.28. The van der Waals surface area contributed by atoms with E-state index in [-0.39, 0.29) is 11.3 Å². The number of hydrogen-bond acceptors (Lipinski definition) is 6. The van der Waals surface area contributed by atoms with E-state index >= 15 is 0 Å². The van der Waals surface area contributed by atoms with Crippen LogP contribution in [0.5, 0.6) is 0 Å². The third-order valence-corrected chi connectivity index (χ3v) is 7.01. The molecule has 5 rings (SSSR count). The van der Waals surface area contributed by atoms with Crippen LogP contribution in [0.25, 0.3) is 0 Å². The standard InChI is InChI=1S/C22H21N3OS.2C2HF3O2/c26-21-22(9-12-24(13-10-22)15-17-5-3-4-11-23-17)19-6-1-2-7-20(19)25(21)18-8-14-27-16-18;2*3-2(4,5)1(6)7/h1-8,11,14,16H,9-10,12-13,15H2;2*(H,6,7). The van der Waals surface area contributed by atoms with Crippen LogP contribution in [-0.4, -0.2) is 63.4 Å². The number of carboxylic acids is 2. The van der Waals surface area contributed by atoms with Gasteiger partial charge in [-0.15, -0.1) is 0 Å². The van der Waals surface area contributed by atoms with Gasteiger partial charge in [0.15, 0.2) is 0 Å². The molecular weight excluding hydrogens is 580 g/mol. The van der Waals surface area contributed by atoms with Gasteiger partial charge in [0.25, 0.3) is 0 Å². The lowest BCUT2D eigenvalue weighted by Crippen LogP contribution is -2.47. The van der Waals surface area contributed by atoms with E-state index in [0.717, 1.165) is 49.5 Å². The number of carbonyl (C=O) groups excluding carboxylic acids is 1. The Morgan fingerprint density at radius 2 is 1.46 bits per heavy atom. The average Bonchev–Trinajstić information content (AvgIpc) is 3.51. The number of thiophene rings is 1. The maximum Gasteiger partial charge on any atom is 0.490 e. The molecule has 1 amide bonds. The topological polar surface area (TPSA) is 111 Å². The van der Waals surface area contributed by atoms with Crippen molar-refractivity contribution in [2.45, 2.75) is 37.2 Å². The summed E-state index contributed by atoms with van der Waals surface area (Å²) < 4.78 is 63.5. The SMILES string of the molecule is O=C(O)C(F)(F)F.O=C(O)C(F)(F)F.O=C1N(c2ccsc2)c2ccccc2C12CCN(Cc1ccccn1)CC2. The summed E-state index contributed by atoms with van der Waals surface area (Å²) in [7, 11) is 0. The molecule has 1 aromatic carbocycles. The van der Waals surface area contributed by atoms with Gasteiger partial charge in [-0.3, -0.25) is 19.6 Å². The van der Waals surface area contributed by atoms with Crippen LogP contribution in [0.2, 0.25) is 0 Å². The molecule has 0 unspecified atom stereocenters. The number of pyridine rings is 1. The van der Waals surface area contributed by atoms with E-state index in [1.54, 1.807) is 11.3 Å². The number of fused-ring (bicyclic) bond motifs is 2. The highest BCUT2D eigenvalue weighted by atomic mass is 32.1. The summed E-state index contributed by atoms with van der Waals surface area (Å²) in [6, 6.07) is 16.4. The van der Waals surface area contributed by atoms with Crippen LogP contribution in [0.15, 0.2) is 65.5 Å². The number of anilines is 2. The molecule has 2 N–H and O–H groups in total. The first-order valence-electron chi connectivity index (χ1n) is 11.9. The van der Waals surface area contributed by atoms with Gasteiger partial charge in [0.2, 0.25) is 5.91 Å². The molecule has 1 saturated heterocycles. The third kappa shape index (κ3) is 7.61. The number of piperidine rings is 1. The Hall–Kier alpha value is -3.98. The summed E-state index contributed by atoms with van der Waals surface area (Å²) in [6.07, 6.45) is -6.61. The predicted octanol–water partition coefficient (Wildman–Crippen LogP) is 5.62. The van der Waals surface area contributed by atoms with Crippen molar-refractivity contribution in [1.82, 2.24) is 9.88 Å². The first-order chi connectivity index (χ1) is 19.2. The first kappa shape index (κ1) is 31.5. The van der Waals surface area contributed by atoms with E-state index in [4.69, 9.17) is 19.8 Å². The number of para-hydroxylation sites is 1. The Bertz CT molecular complexity index is 1320. The van der Waals surface area contributed by atoms with Crippen molar-refractivity contribution in [2.24, 2.45) is 0 Å². The molecule has 3 aromatic rings. The highest BCUT2D eigenvalue weighted by Crippen LogP contribution is 2.50. The van der Waals surface area contributed by atoms with Gasteiger partial charge in [0, 0.05) is 18.1 Å². The minimum absolute atomic E-state index is 0.236. The monoisotopic (exact) mass is 603 g/mol. The molecule has 0 atom stereocenters. The van der Waals surface area contributed by atoms with E-state index in [1.165, 1.54) is 5.56 Å². The Morgan fingerprint density at radius 1 is 0.902 bits per heavy atom. The molecule has 8 nitrogen and oxygen atoms in total. The second-order valence-electron chi connectivity index (χ2n) is 8.92. The normalized spacial score (nSPS) is 16.2. The highest BCUT2D eigenvalue weighted by molar-refractivity contribution is 7.08. The quantitative estimate of drug-likeness (QED) is 0.374. The minimum atomic E-state index is -5.08. The fourth-order valence-electron chi connectivity index (χ4n) is 4.45. The predicted molar refractivity (Wildman–Crippen MR) is 136 cm³/mol. The number of rotatable bonds is 3. The van der Waals surface area contributed by atoms with Gasteiger partial charge in [0.1, 0.15) is 0 Å². The van der Waals surface area contributed by atoms with Gasteiger partial charge in [0.05, 0.1) is 22.5 Å². The van der Waals surface area contributed by atoms with Gasteiger partial charge in [-0.25, -0.2) is 9.59 Å². The molecule has 0 saturated carbocycles. The lowest BCUT2D eigenvalue weighted by molar-refractivity contribution is -0.193. The maximum absolute atomic E-state index is 13.6. The highest BCUT2D eigenvalue weighted by Gasteiger charge is 2.52. The smallest absolute Gasteiger partial charge is 0.475 e. The molecule has 41 heavy (non-hydrogen) atoms.